The number of nitrogens with one attached hydrogen (secondary N) is 3. The molecule has 2 amide bonds. The summed E-state index contributed by atoms with van der Waals surface area (Å²) in [7, 11) is 0. The molecule has 3 N–H and O–H groups in total. The summed E-state index contributed by atoms with van der Waals surface area (Å²) >= 11 is 0. The number of hydrogen-bond acceptors (Lipinski definition) is 2. The van der Waals surface area contributed by atoms with Crippen molar-refractivity contribution < 1.29 is 32.6 Å². The highest BCUT2D eigenvalue weighted by molar-refractivity contribution is 5.93. The average Bonchev–Trinajstić information content (AvgIpc) is 3.23. The number of rotatable bonds is 5. The summed E-state index contributed by atoms with van der Waals surface area (Å²) in [5, 5.41) is 2.70. The highest BCUT2D eigenvalue weighted by atomic mass is 19.4. The fourth-order valence-electron chi connectivity index (χ4n) is 4.01. The van der Waals surface area contributed by atoms with Crippen LogP contribution in [0.3, 0.4) is 0 Å². The van der Waals surface area contributed by atoms with E-state index in [1.54, 1.807) is 0 Å². The van der Waals surface area contributed by atoms with E-state index in [4.69, 9.17) is 0 Å². The minimum atomic E-state index is -4.39. The Morgan fingerprint density at radius 2 is 1.66 bits per heavy atom. The number of piperazine rings is 1. The number of alkyl halides is 3. The molecule has 0 saturated carbocycles. The molecule has 3 rings (SSSR count). The van der Waals surface area contributed by atoms with Crippen LogP contribution in [0.2, 0.25) is 0 Å². The van der Waals surface area contributed by atoms with Gasteiger partial charge in [0.05, 0.1) is 5.56 Å². The summed E-state index contributed by atoms with van der Waals surface area (Å²) in [4.78, 5) is 29.1. The molecule has 2 saturated heterocycles. The number of carbonyl (C=O) groups is 2. The van der Waals surface area contributed by atoms with Gasteiger partial charge in [0.2, 0.25) is 0 Å². The number of nitrogens with zero attached hydrogens (tertiary/aromatic N) is 1. The molecule has 2 fully saturated rings. The Morgan fingerprint density at radius 3 is 2.21 bits per heavy atom. The first-order chi connectivity index (χ1) is 13.7. The lowest BCUT2D eigenvalue weighted by molar-refractivity contribution is -1.01. The largest absolute Gasteiger partial charge is 0.416 e. The van der Waals surface area contributed by atoms with Crippen LogP contribution in [-0.4, -0.2) is 68.6 Å². The summed E-state index contributed by atoms with van der Waals surface area (Å²) in [6, 6.07) is 4.16. The van der Waals surface area contributed by atoms with Gasteiger partial charge in [0.1, 0.15) is 26.2 Å². The van der Waals surface area contributed by atoms with Crippen LogP contribution in [0, 0.1) is 0 Å². The second-order valence-electron chi connectivity index (χ2n) is 7.96. The molecule has 0 spiro atoms. The number of benzene rings is 1. The average molecular weight is 414 g/mol. The smallest absolute Gasteiger partial charge is 0.338 e. The van der Waals surface area contributed by atoms with E-state index in [2.05, 4.69) is 5.32 Å². The molecule has 1 atom stereocenters. The molecular formula is C20H29F3N4O2+2. The minimum Gasteiger partial charge on any atom is -0.338 e. The summed E-state index contributed by atoms with van der Waals surface area (Å²) in [6.45, 7) is 7.29. The summed E-state index contributed by atoms with van der Waals surface area (Å²) in [5.74, 6) is 0.00500. The third-order valence-corrected chi connectivity index (χ3v) is 5.94. The predicted octanol–water partition coefficient (Wildman–Crippen LogP) is -0.562. The van der Waals surface area contributed by atoms with Crippen LogP contribution in [0.4, 0.5) is 18.9 Å². The van der Waals surface area contributed by atoms with Gasteiger partial charge >= 0.3 is 6.18 Å². The fourth-order valence-corrected chi connectivity index (χ4v) is 4.01. The monoisotopic (exact) mass is 414 g/mol. The van der Waals surface area contributed by atoms with Crippen LogP contribution in [0.25, 0.3) is 0 Å². The van der Waals surface area contributed by atoms with Crippen LogP contribution in [0.5, 0.6) is 0 Å². The van der Waals surface area contributed by atoms with Gasteiger partial charge in [-0.1, -0.05) is 0 Å². The lowest BCUT2D eigenvalue weighted by atomic mass is 10.1. The standard InChI is InChI=1S/C20H27F3N4O2/c1-15(19(29)24-17-6-4-16(5-7-17)20(21,22)23)26-12-10-25(11-13-26)14-18(28)27-8-2-3-9-27/h4-7,15H,2-3,8-14H2,1H3,(H,24,29)/p+2/t15-/m1/s1. The lowest BCUT2D eigenvalue weighted by Gasteiger charge is -2.32. The van der Waals surface area contributed by atoms with Gasteiger partial charge in [0.15, 0.2) is 12.6 Å². The van der Waals surface area contributed by atoms with Gasteiger partial charge in [-0.2, -0.15) is 13.2 Å². The van der Waals surface area contributed by atoms with E-state index >= 15 is 0 Å². The minimum absolute atomic E-state index is 0.212. The Kier molecular flexibility index (Phi) is 6.79. The van der Waals surface area contributed by atoms with Crippen molar-refractivity contribution in [1.29, 1.82) is 0 Å². The maximum Gasteiger partial charge on any atom is 0.416 e. The van der Waals surface area contributed by atoms with E-state index in [9.17, 15) is 22.8 Å². The Labute approximate surface area is 168 Å². The molecule has 2 heterocycles. The molecular weight excluding hydrogens is 385 g/mol. The van der Waals surface area contributed by atoms with Gasteiger partial charge in [0, 0.05) is 18.8 Å². The van der Waals surface area contributed by atoms with Crippen LogP contribution in [0.1, 0.15) is 25.3 Å². The van der Waals surface area contributed by atoms with Crippen molar-refractivity contribution in [2.45, 2.75) is 32.0 Å². The lowest BCUT2D eigenvalue weighted by Crippen LogP contribution is -3.30. The highest BCUT2D eigenvalue weighted by Gasteiger charge is 2.33. The molecule has 1 aromatic carbocycles. The molecule has 1 aromatic rings. The number of likely N-dealkylation sites (tertiary alicyclic amines) is 1. The molecule has 0 bridgehead atoms. The van der Waals surface area contributed by atoms with E-state index in [0.29, 0.717) is 12.2 Å². The maximum atomic E-state index is 12.6. The Morgan fingerprint density at radius 1 is 1.07 bits per heavy atom. The number of hydrogen-bond donors (Lipinski definition) is 3. The zero-order valence-corrected chi connectivity index (χ0v) is 16.6. The van der Waals surface area contributed by atoms with Crippen molar-refractivity contribution in [1.82, 2.24) is 4.90 Å². The second-order valence-corrected chi connectivity index (χ2v) is 7.96. The fraction of sp³-hybridized carbons (Fsp3) is 0.600. The quantitative estimate of drug-likeness (QED) is 0.605. The molecule has 0 radical (unpaired) electrons. The van der Waals surface area contributed by atoms with Crippen LogP contribution in [0.15, 0.2) is 24.3 Å². The topological polar surface area (TPSA) is 58.3 Å². The Hall–Kier alpha value is -2.13. The van der Waals surface area contributed by atoms with E-state index in [1.165, 1.54) is 17.0 Å². The first kappa shape index (κ1) is 21.6. The van der Waals surface area contributed by atoms with Crippen molar-refractivity contribution in [3.05, 3.63) is 29.8 Å². The first-order valence-corrected chi connectivity index (χ1v) is 10.2. The summed E-state index contributed by atoms with van der Waals surface area (Å²) in [5.41, 5.74) is -0.383. The van der Waals surface area contributed by atoms with Gasteiger partial charge in [-0.3, -0.25) is 9.59 Å². The number of quaternary nitrogens is 2. The van der Waals surface area contributed by atoms with Crippen molar-refractivity contribution in [2.24, 2.45) is 0 Å². The molecule has 6 nitrogen and oxygen atoms in total. The zero-order valence-electron chi connectivity index (χ0n) is 16.6. The third kappa shape index (κ3) is 5.70. The normalized spacial score (nSPS) is 23.7. The van der Waals surface area contributed by atoms with Crippen molar-refractivity contribution in [3.8, 4) is 0 Å². The van der Waals surface area contributed by atoms with Crippen molar-refractivity contribution in [2.75, 3.05) is 51.1 Å². The highest BCUT2D eigenvalue weighted by Crippen LogP contribution is 2.29. The van der Waals surface area contributed by atoms with Crippen LogP contribution in [-0.2, 0) is 15.8 Å². The number of halogens is 3. The SMILES string of the molecule is C[C@H](C(=O)Nc1ccc(C(F)(F)F)cc1)[NH+]1CC[NH+](CC(=O)N2CCCC2)CC1. The van der Waals surface area contributed by atoms with Crippen molar-refractivity contribution >= 4 is 17.5 Å². The molecule has 29 heavy (non-hydrogen) atoms. The predicted molar refractivity (Wildman–Crippen MR) is 102 cm³/mol. The number of carbonyl (C=O) groups excluding carboxylic acids is 2. The Balaban J connectivity index is 1.45. The molecule has 0 unspecified atom stereocenters. The maximum absolute atomic E-state index is 12.6. The molecule has 0 aromatic heterocycles. The second kappa shape index (κ2) is 9.13. The van der Waals surface area contributed by atoms with Gasteiger partial charge in [-0.25, -0.2) is 0 Å². The summed E-state index contributed by atoms with van der Waals surface area (Å²) in [6.07, 6.45) is -2.22. The first-order valence-electron chi connectivity index (χ1n) is 10.2. The van der Waals surface area contributed by atoms with Gasteiger partial charge < -0.3 is 20.0 Å². The molecule has 2 aliphatic heterocycles. The molecule has 2 aliphatic rings. The number of amides is 2. The number of anilines is 1. The van der Waals surface area contributed by atoms with E-state index < -0.39 is 11.7 Å². The van der Waals surface area contributed by atoms with Crippen molar-refractivity contribution in [3.63, 3.8) is 0 Å². The third-order valence-electron chi connectivity index (χ3n) is 5.94. The van der Waals surface area contributed by atoms with Gasteiger partial charge in [0.25, 0.3) is 11.8 Å². The molecule has 160 valence electrons. The van der Waals surface area contributed by atoms with Crippen LogP contribution >= 0.6 is 0 Å². The van der Waals surface area contributed by atoms with E-state index in [1.807, 2.05) is 11.8 Å². The van der Waals surface area contributed by atoms with Gasteiger partial charge in [-0.15, -0.1) is 0 Å². The molecule has 0 aliphatic carbocycles. The van der Waals surface area contributed by atoms with Crippen LogP contribution < -0.4 is 15.1 Å². The summed E-state index contributed by atoms with van der Waals surface area (Å²) < 4.78 is 37.9. The molecule has 9 heteroatoms. The van der Waals surface area contributed by atoms with E-state index in [0.717, 1.165) is 69.1 Å². The van der Waals surface area contributed by atoms with E-state index in [-0.39, 0.29) is 17.9 Å². The zero-order chi connectivity index (χ0) is 21.0. The Bertz CT molecular complexity index is 709. The van der Waals surface area contributed by atoms with Gasteiger partial charge in [-0.05, 0) is 44.0 Å².